The molecule has 15 heavy (non-hydrogen) atoms. The molecule has 2 rings (SSSR count). The minimum atomic E-state index is 0.534. The van der Waals surface area contributed by atoms with E-state index >= 15 is 0 Å². The average Bonchev–Trinajstić information content (AvgIpc) is 2.81. The van der Waals surface area contributed by atoms with E-state index in [2.05, 4.69) is 29.8 Å². The van der Waals surface area contributed by atoms with Gasteiger partial charge in [-0.3, -0.25) is 0 Å². The summed E-state index contributed by atoms with van der Waals surface area (Å²) in [5, 5.41) is 5.83. The summed E-state index contributed by atoms with van der Waals surface area (Å²) in [6.07, 6.45) is 7.21. The quantitative estimate of drug-likeness (QED) is 0.814. The van der Waals surface area contributed by atoms with E-state index in [4.69, 9.17) is 0 Å². The van der Waals surface area contributed by atoms with Crippen LogP contribution in [0.2, 0.25) is 0 Å². The minimum Gasteiger partial charge on any atom is -0.309 e. The van der Waals surface area contributed by atoms with Crippen molar-refractivity contribution in [1.82, 2.24) is 5.32 Å². The van der Waals surface area contributed by atoms with Crippen LogP contribution in [0.15, 0.2) is 17.5 Å². The smallest absolute Gasteiger partial charge is 0.0386 e. The molecule has 1 aliphatic carbocycles. The van der Waals surface area contributed by atoms with Gasteiger partial charge in [0.05, 0.1) is 0 Å². The zero-order valence-corrected chi connectivity index (χ0v) is 10.4. The lowest BCUT2D eigenvalue weighted by atomic mass is 9.89. The molecule has 0 aliphatic heterocycles. The van der Waals surface area contributed by atoms with Crippen LogP contribution in [0.1, 0.15) is 49.9 Å². The summed E-state index contributed by atoms with van der Waals surface area (Å²) in [6, 6.07) is 4.90. The number of nitrogens with one attached hydrogen (secondary N) is 1. The summed E-state index contributed by atoms with van der Waals surface area (Å²) in [6.45, 7) is 3.48. The zero-order chi connectivity index (χ0) is 10.5. The van der Waals surface area contributed by atoms with Crippen molar-refractivity contribution in [2.75, 3.05) is 6.54 Å². The fourth-order valence-corrected chi connectivity index (χ4v) is 3.13. The largest absolute Gasteiger partial charge is 0.309 e. The summed E-state index contributed by atoms with van der Waals surface area (Å²) in [7, 11) is 0. The third-order valence-electron chi connectivity index (χ3n) is 3.41. The average molecular weight is 223 g/mol. The van der Waals surface area contributed by atoms with Crippen LogP contribution in [-0.2, 0) is 0 Å². The maximum absolute atomic E-state index is 3.67. The van der Waals surface area contributed by atoms with Crippen LogP contribution in [0.25, 0.3) is 0 Å². The first-order valence-electron chi connectivity index (χ1n) is 6.13. The number of thiophene rings is 1. The third kappa shape index (κ3) is 3.32. The van der Waals surface area contributed by atoms with Crippen LogP contribution in [0.4, 0.5) is 0 Å². The molecule has 1 saturated carbocycles. The maximum Gasteiger partial charge on any atom is 0.0386 e. The van der Waals surface area contributed by atoms with Crippen molar-refractivity contribution in [2.24, 2.45) is 5.92 Å². The number of hydrogen-bond donors (Lipinski definition) is 1. The molecule has 1 aromatic heterocycles. The van der Waals surface area contributed by atoms with Crippen LogP contribution in [0.5, 0.6) is 0 Å². The lowest BCUT2D eigenvalue weighted by Gasteiger charge is -2.23. The molecule has 1 aromatic rings. The highest BCUT2D eigenvalue weighted by molar-refractivity contribution is 7.10. The topological polar surface area (TPSA) is 12.0 Å². The van der Waals surface area contributed by atoms with Gasteiger partial charge in [-0.05, 0) is 43.7 Å². The molecule has 1 aliphatic rings. The Bertz CT molecular complexity index is 262. The fourth-order valence-electron chi connectivity index (χ4n) is 2.37. The molecule has 1 N–H and O–H groups in total. The predicted octanol–water partition coefficient (Wildman–Crippen LogP) is 3.98. The van der Waals surface area contributed by atoms with Crippen molar-refractivity contribution in [3.63, 3.8) is 0 Å². The lowest BCUT2D eigenvalue weighted by molar-refractivity contribution is 0.332. The fraction of sp³-hybridized carbons (Fsp3) is 0.692. The van der Waals surface area contributed by atoms with Gasteiger partial charge in [0.25, 0.3) is 0 Å². The molecule has 2 heteroatoms. The van der Waals surface area contributed by atoms with Gasteiger partial charge >= 0.3 is 0 Å². The Hall–Kier alpha value is -0.340. The maximum atomic E-state index is 3.67. The number of rotatable bonds is 4. The van der Waals surface area contributed by atoms with Crippen LogP contribution in [-0.4, -0.2) is 6.54 Å². The second-order valence-electron chi connectivity index (χ2n) is 4.65. The molecular formula is C13H21NS. The summed E-state index contributed by atoms with van der Waals surface area (Å²) in [5.74, 6) is 0.932. The SMILES string of the molecule is CC(NCC1CCCCC1)c1cccs1. The highest BCUT2D eigenvalue weighted by Crippen LogP contribution is 2.24. The predicted molar refractivity (Wildman–Crippen MR) is 67.3 cm³/mol. The van der Waals surface area contributed by atoms with Gasteiger partial charge in [0.15, 0.2) is 0 Å². The first-order valence-corrected chi connectivity index (χ1v) is 7.01. The van der Waals surface area contributed by atoms with Crippen molar-refractivity contribution < 1.29 is 0 Å². The van der Waals surface area contributed by atoms with E-state index in [0.29, 0.717) is 6.04 Å². The van der Waals surface area contributed by atoms with Crippen molar-refractivity contribution in [2.45, 2.75) is 45.1 Å². The molecule has 1 nitrogen and oxygen atoms in total. The summed E-state index contributed by atoms with van der Waals surface area (Å²) in [5.41, 5.74) is 0. The normalized spacial score (nSPS) is 20.3. The Morgan fingerprint density at radius 3 is 2.87 bits per heavy atom. The van der Waals surface area contributed by atoms with E-state index in [-0.39, 0.29) is 0 Å². The summed E-state index contributed by atoms with van der Waals surface area (Å²) in [4.78, 5) is 1.46. The molecule has 1 heterocycles. The number of hydrogen-bond acceptors (Lipinski definition) is 2. The van der Waals surface area contributed by atoms with Gasteiger partial charge in [-0.15, -0.1) is 11.3 Å². The molecule has 0 bridgehead atoms. The molecule has 84 valence electrons. The van der Waals surface area contributed by atoms with Crippen molar-refractivity contribution in [3.05, 3.63) is 22.4 Å². The third-order valence-corrected chi connectivity index (χ3v) is 4.46. The van der Waals surface area contributed by atoms with Gasteiger partial charge in [-0.2, -0.15) is 0 Å². The first-order chi connectivity index (χ1) is 7.36. The second kappa shape index (κ2) is 5.66. The van der Waals surface area contributed by atoms with Gasteiger partial charge in [0.1, 0.15) is 0 Å². The van der Waals surface area contributed by atoms with Crippen molar-refractivity contribution in [1.29, 1.82) is 0 Å². The Morgan fingerprint density at radius 2 is 2.20 bits per heavy atom. The van der Waals surface area contributed by atoms with Gasteiger partial charge in [-0.1, -0.05) is 25.3 Å². The van der Waals surface area contributed by atoms with Gasteiger partial charge < -0.3 is 5.32 Å². The van der Waals surface area contributed by atoms with Gasteiger partial charge in [0.2, 0.25) is 0 Å². The Kier molecular flexibility index (Phi) is 4.21. The Morgan fingerprint density at radius 1 is 1.40 bits per heavy atom. The second-order valence-corrected chi connectivity index (χ2v) is 5.63. The van der Waals surface area contributed by atoms with E-state index in [9.17, 15) is 0 Å². The van der Waals surface area contributed by atoms with E-state index < -0.39 is 0 Å². The minimum absolute atomic E-state index is 0.534. The van der Waals surface area contributed by atoms with E-state index in [1.807, 2.05) is 11.3 Å². The first kappa shape index (κ1) is 11.2. The summed E-state index contributed by atoms with van der Waals surface area (Å²) >= 11 is 1.86. The van der Waals surface area contributed by atoms with Gasteiger partial charge in [-0.25, -0.2) is 0 Å². The standard InChI is InChI=1S/C13H21NS/c1-11(13-8-5-9-15-13)14-10-12-6-3-2-4-7-12/h5,8-9,11-12,14H,2-4,6-7,10H2,1H3. The van der Waals surface area contributed by atoms with Crippen molar-refractivity contribution >= 4 is 11.3 Å². The van der Waals surface area contributed by atoms with Crippen LogP contribution < -0.4 is 5.32 Å². The van der Waals surface area contributed by atoms with Crippen LogP contribution in [0, 0.1) is 5.92 Å². The van der Waals surface area contributed by atoms with Crippen LogP contribution in [0.3, 0.4) is 0 Å². The Labute approximate surface area is 96.9 Å². The molecule has 1 unspecified atom stereocenters. The lowest BCUT2D eigenvalue weighted by Crippen LogP contribution is -2.26. The molecule has 0 amide bonds. The van der Waals surface area contributed by atoms with Gasteiger partial charge in [0, 0.05) is 10.9 Å². The van der Waals surface area contributed by atoms with E-state index in [0.717, 1.165) is 5.92 Å². The monoisotopic (exact) mass is 223 g/mol. The molecule has 0 saturated heterocycles. The molecule has 1 atom stereocenters. The molecular weight excluding hydrogens is 202 g/mol. The highest BCUT2D eigenvalue weighted by Gasteiger charge is 2.14. The zero-order valence-electron chi connectivity index (χ0n) is 9.54. The molecule has 0 radical (unpaired) electrons. The summed E-state index contributed by atoms with van der Waals surface area (Å²) < 4.78 is 0. The van der Waals surface area contributed by atoms with E-state index in [1.54, 1.807) is 0 Å². The molecule has 0 spiro atoms. The molecule has 1 fully saturated rings. The van der Waals surface area contributed by atoms with Crippen LogP contribution >= 0.6 is 11.3 Å². The van der Waals surface area contributed by atoms with E-state index in [1.165, 1.54) is 43.5 Å². The molecule has 0 aromatic carbocycles. The van der Waals surface area contributed by atoms with Crippen molar-refractivity contribution in [3.8, 4) is 0 Å². The highest BCUT2D eigenvalue weighted by atomic mass is 32.1. The Balaban J connectivity index is 1.73.